The monoisotopic (exact) mass is 398 g/mol. The van der Waals surface area contributed by atoms with Crippen molar-refractivity contribution in [2.45, 2.75) is 44.6 Å². The summed E-state index contributed by atoms with van der Waals surface area (Å²) < 4.78 is 0. The van der Waals surface area contributed by atoms with Crippen molar-refractivity contribution in [1.29, 1.82) is 0 Å². The third kappa shape index (κ3) is 7.04. The largest absolute Gasteiger partial charge is 0.354 e. The molecule has 0 radical (unpaired) electrons. The molecule has 2 amide bonds. The van der Waals surface area contributed by atoms with Gasteiger partial charge in [-0.3, -0.25) is 9.59 Å². The van der Waals surface area contributed by atoms with Gasteiger partial charge in [0.05, 0.1) is 5.75 Å². The van der Waals surface area contributed by atoms with E-state index in [2.05, 4.69) is 5.32 Å². The van der Waals surface area contributed by atoms with E-state index < -0.39 is 6.04 Å². The first kappa shape index (κ1) is 22.0. The van der Waals surface area contributed by atoms with Crippen LogP contribution in [0.25, 0.3) is 0 Å². The van der Waals surface area contributed by atoms with Gasteiger partial charge in [-0.2, -0.15) is 0 Å². The third-order valence-corrected chi connectivity index (χ3v) is 5.58. The van der Waals surface area contributed by atoms with Gasteiger partial charge < -0.3 is 10.2 Å². The highest BCUT2D eigenvalue weighted by molar-refractivity contribution is 8.00. The number of carbonyl (C=O) groups excluding carboxylic acids is 2. The van der Waals surface area contributed by atoms with E-state index in [1.807, 2.05) is 75.4 Å². The Kier molecular flexibility index (Phi) is 9.08. The number of nitrogens with one attached hydrogen (secondary N) is 1. The molecule has 4 nitrogen and oxygen atoms in total. The molecule has 0 aliphatic rings. The van der Waals surface area contributed by atoms with Crippen molar-refractivity contribution in [1.82, 2.24) is 10.2 Å². The normalized spacial score (nSPS) is 11.7. The number of aryl methyl sites for hydroxylation is 1. The van der Waals surface area contributed by atoms with Gasteiger partial charge in [-0.05, 0) is 44.4 Å². The lowest BCUT2D eigenvalue weighted by Gasteiger charge is -2.28. The van der Waals surface area contributed by atoms with Crippen molar-refractivity contribution in [3.05, 3.63) is 65.7 Å². The summed E-state index contributed by atoms with van der Waals surface area (Å²) in [5.41, 5.74) is 2.36. The topological polar surface area (TPSA) is 49.4 Å². The maximum Gasteiger partial charge on any atom is 0.242 e. The fourth-order valence-corrected chi connectivity index (χ4v) is 3.61. The fraction of sp³-hybridized carbons (Fsp3) is 0.391. The van der Waals surface area contributed by atoms with Crippen LogP contribution in [-0.4, -0.2) is 41.6 Å². The molecule has 0 fully saturated rings. The minimum Gasteiger partial charge on any atom is -0.354 e. The van der Waals surface area contributed by atoms with Crippen molar-refractivity contribution in [2.24, 2.45) is 0 Å². The summed E-state index contributed by atoms with van der Waals surface area (Å²) in [7, 11) is 0. The number of amides is 2. The SMILES string of the molecule is CCCNC(=O)C(C)N(CCc1ccccc1)C(=O)CSc1ccc(C)cc1. The van der Waals surface area contributed by atoms with Crippen LogP contribution in [0.1, 0.15) is 31.4 Å². The number of benzene rings is 2. The van der Waals surface area contributed by atoms with Crippen LogP contribution in [0.4, 0.5) is 0 Å². The molecule has 5 heteroatoms. The summed E-state index contributed by atoms with van der Waals surface area (Å²) in [5.74, 6) is 0.215. The number of rotatable bonds is 10. The molecular weight excluding hydrogens is 368 g/mol. The van der Waals surface area contributed by atoms with Gasteiger partial charge in [-0.1, -0.05) is 55.0 Å². The van der Waals surface area contributed by atoms with Crippen LogP contribution in [0.3, 0.4) is 0 Å². The Morgan fingerprint density at radius 3 is 2.39 bits per heavy atom. The summed E-state index contributed by atoms with van der Waals surface area (Å²) in [4.78, 5) is 28.2. The van der Waals surface area contributed by atoms with Crippen LogP contribution in [0, 0.1) is 6.92 Å². The predicted octanol–water partition coefficient (Wildman–Crippen LogP) is 4.07. The van der Waals surface area contributed by atoms with Crippen molar-refractivity contribution >= 4 is 23.6 Å². The predicted molar refractivity (Wildman–Crippen MR) is 117 cm³/mol. The van der Waals surface area contributed by atoms with E-state index in [-0.39, 0.29) is 11.8 Å². The number of hydrogen-bond donors (Lipinski definition) is 1. The molecule has 1 N–H and O–H groups in total. The molecule has 0 heterocycles. The second-order valence-corrected chi connectivity index (χ2v) is 7.94. The third-order valence-electron chi connectivity index (χ3n) is 4.58. The van der Waals surface area contributed by atoms with Gasteiger partial charge in [0, 0.05) is 18.0 Å². The minimum absolute atomic E-state index is 0.0133. The average Bonchev–Trinajstić information content (AvgIpc) is 2.72. The Bertz CT molecular complexity index is 747. The smallest absolute Gasteiger partial charge is 0.242 e. The van der Waals surface area contributed by atoms with E-state index in [1.54, 1.807) is 4.90 Å². The molecule has 0 aromatic heterocycles. The zero-order valence-electron chi connectivity index (χ0n) is 17.0. The number of thioether (sulfide) groups is 1. The highest BCUT2D eigenvalue weighted by atomic mass is 32.2. The molecule has 2 aromatic rings. The molecule has 0 saturated carbocycles. The van der Waals surface area contributed by atoms with Crippen LogP contribution in [0.5, 0.6) is 0 Å². The summed E-state index contributed by atoms with van der Waals surface area (Å²) in [6.07, 6.45) is 1.60. The molecule has 0 aliphatic heterocycles. The van der Waals surface area contributed by atoms with Gasteiger partial charge in [0.25, 0.3) is 0 Å². The van der Waals surface area contributed by atoms with Gasteiger partial charge in [0.2, 0.25) is 11.8 Å². The van der Waals surface area contributed by atoms with Crippen LogP contribution in [0.2, 0.25) is 0 Å². The van der Waals surface area contributed by atoms with E-state index in [1.165, 1.54) is 17.3 Å². The fourth-order valence-electron chi connectivity index (χ4n) is 2.83. The highest BCUT2D eigenvalue weighted by Crippen LogP contribution is 2.19. The first-order chi connectivity index (χ1) is 13.5. The van der Waals surface area contributed by atoms with Gasteiger partial charge in [-0.25, -0.2) is 0 Å². The summed E-state index contributed by atoms with van der Waals surface area (Å²) >= 11 is 1.51. The number of carbonyl (C=O) groups is 2. The maximum atomic E-state index is 12.9. The van der Waals surface area contributed by atoms with E-state index in [0.717, 1.165) is 23.3 Å². The van der Waals surface area contributed by atoms with E-state index in [4.69, 9.17) is 0 Å². The Balaban J connectivity index is 2.03. The van der Waals surface area contributed by atoms with Crippen molar-refractivity contribution < 1.29 is 9.59 Å². The molecular formula is C23H30N2O2S. The highest BCUT2D eigenvalue weighted by Gasteiger charge is 2.25. The van der Waals surface area contributed by atoms with Crippen molar-refractivity contribution in [2.75, 3.05) is 18.8 Å². The molecule has 28 heavy (non-hydrogen) atoms. The molecule has 1 atom stereocenters. The molecule has 1 unspecified atom stereocenters. The summed E-state index contributed by atoms with van der Waals surface area (Å²) in [6, 6.07) is 17.7. The Morgan fingerprint density at radius 1 is 1.07 bits per heavy atom. The molecule has 2 rings (SSSR count). The van der Waals surface area contributed by atoms with E-state index in [9.17, 15) is 9.59 Å². The van der Waals surface area contributed by atoms with Crippen LogP contribution in [-0.2, 0) is 16.0 Å². The molecule has 0 spiro atoms. The second-order valence-electron chi connectivity index (χ2n) is 6.89. The lowest BCUT2D eigenvalue weighted by Crippen LogP contribution is -2.49. The van der Waals surface area contributed by atoms with Crippen LogP contribution >= 0.6 is 11.8 Å². The Morgan fingerprint density at radius 2 is 1.75 bits per heavy atom. The maximum absolute atomic E-state index is 12.9. The average molecular weight is 399 g/mol. The Labute approximate surface area is 172 Å². The van der Waals surface area contributed by atoms with Crippen LogP contribution < -0.4 is 5.32 Å². The molecule has 0 saturated heterocycles. The Hall–Kier alpha value is -2.27. The van der Waals surface area contributed by atoms with Gasteiger partial charge in [-0.15, -0.1) is 11.8 Å². The van der Waals surface area contributed by atoms with Gasteiger partial charge in [0.15, 0.2) is 0 Å². The van der Waals surface area contributed by atoms with Crippen molar-refractivity contribution in [3.63, 3.8) is 0 Å². The second kappa shape index (κ2) is 11.5. The quantitative estimate of drug-likeness (QED) is 0.614. The standard InChI is InChI=1S/C23H30N2O2S/c1-4-15-24-23(27)19(3)25(16-14-20-8-6-5-7-9-20)22(26)17-28-21-12-10-18(2)11-13-21/h5-13,19H,4,14-17H2,1-3H3,(H,24,27). The zero-order valence-corrected chi connectivity index (χ0v) is 17.8. The lowest BCUT2D eigenvalue weighted by molar-refractivity contribution is -0.137. The van der Waals surface area contributed by atoms with E-state index in [0.29, 0.717) is 18.8 Å². The molecule has 2 aromatic carbocycles. The number of hydrogen-bond acceptors (Lipinski definition) is 3. The first-order valence-corrected chi connectivity index (χ1v) is 10.8. The minimum atomic E-state index is -0.485. The zero-order chi connectivity index (χ0) is 20.4. The summed E-state index contributed by atoms with van der Waals surface area (Å²) in [5, 5.41) is 2.91. The van der Waals surface area contributed by atoms with Crippen LogP contribution in [0.15, 0.2) is 59.5 Å². The van der Waals surface area contributed by atoms with Gasteiger partial charge in [0.1, 0.15) is 6.04 Å². The molecule has 150 valence electrons. The van der Waals surface area contributed by atoms with E-state index >= 15 is 0 Å². The number of nitrogens with zero attached hydrogens (tertiary/aromatic N) is 1. The molecule has 0 aliphatic carbocycles. The first-order valence-electron chi connectivity index (χ1n) is 9.81. The summed E-state index contributed by atoms with van der Waals surface area (Å²) in [6.45, 7) is 7.02. The van der Waals surface area contributed by atoms with Gasteiger partial charge >= 0.3 is 0 Å². The molecule has 0 bridgehead atoms. The van der Waals surface area contributed by atoms with Crippen molar-refractivity contribution in [3.8, 4) is 0 Å². The lowest BCUT2D eigenvalue weighted by atomic mass is 10.1.